The first-order chi connectivity index (χ1) is 14.5. The maximum absolute atomic E-state index is 12.6. The van der Waals surface area contributed by atoms with E-state index in [4.69, 9.17) is 0 Å². The van der Waals surface area contributed by atoms with E-state index >= 15 is 0 Å². The molecule has 1 aliphatic carbocycles. The highest BCUT2D eigenvalue weighted by molar-refractivity contribution is 5.94. The molecule has 4 rings (SSSR count). The fourth-order valence-electron chi connectivity index (χ4n) is 3.15. The highest BCUT2D eigenvalue weighted by Crippen LogP contribution is 2.30. The zero-order chi connectivity index (χ0) is 21.1. The molecule has 1 fully saturated rings. The molecule has 7 heteroatoms. The third-order valence-electron chi connectivity index (χ3n) is 4.92. The smallest absolute Gasteiger partial charge is 0.276 e. The van der Waals surface area contributed by atoms with Crippen molar-refractivity contribution >= 4 is 17.5 Å². The Kier molecular flexibility index (Phi) is 5.43. The Morgan fingerprint density at radius 1 is 1.07 bits per heavy atom. The lowest BCUT2D eigenvalue weighted by atomic mass is 10.2. The van der Waals surface area contributed by atoms with E-state index < -0.39 is 11.3 Å². The van der Waals surface area contributed by atoms with E-state index in [0.717, 1.165) is 24.1 Å². The van der Waals surface area contributed by atoms with Gasteiger partial charge in [-0.05, 0) is 49.6 Å². The van der Waals surface area contributed by atoms with Crippen LogP contribution >= 0.6 is 0 Å². The molecule has 7 nitrogen and oxygen atoms in total. The number of carbonyl (C=O) groups is 2. The first-order valence-electron chi connectivity index (χ1n) is 9.85. The minimum atomic E-state index is -0.544. The Bertz CT molecular complexity index is 1150. The molecule has 1 aromatic heterocycles. The lowest BCUT2D eigenvalue weighted by molar-refractivity contribution is -0.117. The summed E-state index contributed by atoms with van der Waals surface area (Å²) >= 11 is 0. The van der Waals surface area contributed by atoms with Crippen LogP contribution in [0.5, 0.6) is 0 Å². The number of rotatable bonds is 6. The molecular formula is C23H22N4O3. The fraction of sp³-hybridized carbons (Fsp3) is 0.217. The van der Waals surface area contributed by atoms with Crippen molar-refractivity contribution in [3.05, 3.63) is 87.8 Å². The van der Waals surface area contributed by atoms with Gasteiger partial charge in [-0.25, -0.2) is 4.68 Å². The Morgan fingerprint density at radius 2 is 1.83 bits per heavy atom. The van der Waals surface area contributed by atoms with Gasteiger partial charge in [-0.1, -0.05) is 30.3 Å². The van der Waals surface area contributed by atoms with E-state index in [9.17, 15) is 14.4 Å². The number of aryl methyl sites for hydroxylation is 1. The predicted molar refractivity (Wildman–Crippen MR) is 114 cm³/mol. The summed E-state index contributed by atoms with van der Waals surface area (Å²) in [5.41, 5.74) is 2.32. The molecule has 0 bridgehead atoms. The van der Waals surface area contributed by atoms with E-state index in [0.29, 0.717) is 11.4 Å². The zero-order valence-corrected chi connectivity index (χ0v) is 16.6. The molecular weight excluding hydrogens is 380 g/mol. The number of para-hydroxylation sites is 1. The molecule has 0 saturated heterocycles. The van der Waals surface area contributed by atoms with Crippen molar-refractivity contribution in [1.29, 1.82) is 0 Å². The summed E-state index contributed by atoms with van der Waals surface area (Å²) in [4.78, 5) is 36.9. The number of amides is 2. The van der Waals surface area contributed by atoms with Crippen LogP contribution in [0.15, 0.2) is 65.5 Å². The van der Waals surface area contributed by atoms with E-state index in [2.05, 4.69) is 15.7 Å². The minimum absolute atomic E-state index is 0.0292. The van der Waals surface area contributed by atoms with Crippen molar-refractivity contribution in [2.45, 2.75) is 26.3 Å². The first-order valence-corrected chi connectivity index (χ1v) is 9.85. The molecule has 0 atom stereocenters. The second kappa shape index (κ2) is 8.32. The number of carbonyl (C=O) groups excluding carboxylic acids is 2. The maximum atomic E-state index is 12.6. The SMILES string of the molecule is Cc1cc(=O)c(C(=O)NCc2cccc(NC(=O)C3CC3)c2)nn1-c1ccccc1. The van der Waals surface area contributed by atoms with Gasteiger partial charge < -0.3 is 10.6 Å². The third kappa shape index (κ3) is 4.46. The van der Waals surface area contributed by atoms with E-state index in [1.807, 2.05) is 54.6 Å². The van der Waals surface area contributed by atoms with Crippen LogP contribution in [0.4, 0.5) is 5.69 Å². The van der Waals surface area contributed by atoms with E-state index in [1.54, 1.807) is 11.6 Å². The van der Waals surface area contributed by atoms with Crippen LogP contribution in [0.25, 0.3) is 5.69 Å². The quantitative estimate of drug-likeness (QED) is 0.663. The lowest BCUT2D eigenvalue weighted by Crippen LogP contribution is -2.31. The van der Waals surface area contributed by atoms with E-state index in [1.165, 1.54) is 6.07 Å². The standard InChI is InChI=1S/C23H22N4O3/c1-15-12-20(28)21(26-27(15)19-8-3-2-4-9-19)23(30)24-14-16-6-5-7-18(13-16)25-22(29)17-10-11-17/h2-9,12-13,17H,10-11,14H2,1H3,(H,24,30)(H,25,29). The molecule has 3 aromatic rings. The number of hydrogen-bond donors (Lipinski definition) is 2. The second-order valence-corrected chi connectivity index (χ2v) is 7.39. The summed E-state index contributed by atoms with van der Waals surface area (Å²) in [7, 11) is 0. The van der Waals surface area contributed by atoms with Gasteiger partial charge in [-0.3, -0.25) is 14.4 Å². The summed E-state index contributed by atoms with van der Waals surface area (Å²) in [6.45, 7) is 1.98. The Hall–Kier alpha value is -3.74. The van der Waals surface area contributed by atoms with Crippen molar-refractivity contribution in [1.82, 2.24) is 15.1 Å². The molecule has 2 aromatic carbocycles. The van der Waals surface area contributed by atoms with Gasteiger partial charge in [-0.2, -0.15) is 5.10 Å². The molecule has 1 heterocycles. The number of nitrogens with one attached hydrogen (secondary N) is 2. The van der Waals surface area contributed by atoms with Gasteiger partial charge in [0, 0.05) is 29.9 Å². The van der Waals surface area contributed by atoms with Crippen molar-refractivity contribution < 1.29 is 9.59 Å². The average Bonchev–Trinajstić information content (AvgIpc) is 3.59. The van der Waals surface area contributed by atoms with Gasteiger partial charge in [-0.15, -0.1) is 0 Å². The van der Waals surface area contributed by atoms with Gasteiger partial charge in [0.15, 0.2) is 5.69 Å². The third-order valence-corrected chi connectivity index (χ3v) is 4.92. The number of aromatic nitrogens is 2. The molecule has 0 aliphatic heterocycles. The Labute approximate surface area is 173 Å². The summed E-state index contributed by atoms with van der Waals surface area (Å²) in [6, 6.07) is 18.0. The minimum Gasteiger partial charge on any atom is -0.346 e. The Balaban J connectivity index is 1.48. The summed E-state index contributed by atoms with van der Waals surface area (Å²) in [5.74, 6) is -0.397. The van der Waals surface area contributed by atoms with Crippen molar-refractivity contribution in [3.8, 4) is 5.69 Å². The van der Waals surface area contributed by atoms with Crippen molar-refractivity contribution in [3.63, 3.8) is 0 Å². The molecule has 1 saturated carbocycles. The summed E-state index contributed by atoms with van der Waals surface area (Å²) in [6.07, 6.45) is 1.87. The summed E-state index contributed by atoms with van der Waals surface area (Å²) in [5, 5.41) is 9.90. The van der Waals surface area contributed by atoms with Crippen LogP contribution in [-0.4, -0.2) is 21.6 Å². The predicted octanol–water partition coefficient (Wildman–Crippen LogP) is 2.82. The molecule has 2 amide bonds. The molecule has 2 N–H and O–H groups in total. The largest absolute Gasteiger partial charge is 0.346 e. The highest BCUT2D eigenvalue weighted by Gasteiger charge is 2.29. The van der Waals surface area contributed by atoms with E-state index in [-0.39, 0.29) is 24.1 Å². The van der Waals surface area contributed by atoms with Crippen LogP contribution in [-0.2, 0) is 11.3 Å². The number of benzene rings is 2. The first kappa shape index (κ1) is 19.6. The van der Waals surface area contributed by atoms with Gasteiger partial charge >= 0.3 is 0 Å². The molecule has 152 valence electrons. The van der Waals surface area contributed by atoms with Crippen LogP contribution in [0.1, 0.15) is 34.6 Å². The van der Waals surface area contributed by atoms with Crippen LogP contribution in [0.3, 0.4) is 0 Å². The number of nitrogens with zero attached hydrogens (tertiary/aromatic N) is 2. The highest BCUT2D eigenvalue weighted by atomic mass is 16.2. The molecule has 0 unspecified atom stereocenters. The van der Waals surface area contributed by atoms with Crippen molar-refractivity contribution in [2.24, 2.45) is 5.92 Å². The normalized spacial score (nSPS) is 13.0. The van der Waals surface area contributed by atoms with Gasteiger partial charge in [0.1, 0.15) is 0 Å². The second-order valence-electron chi connectivity index (χ2n) is 7.39. The van der Waals surface area contributed by atoms with Gasteiger partial charge in [0.2, 0.25) is 11.3 Å². The molecule has 1 aliphatic rings. The topological polar surface area (TPSA) is 93.1 Å². The fourth-order valence-corrected chi connectivity index (χ4v) is 3.15. The van der Waals surface area contributed by atoms with Gasteiger partial charge in [0.05, 0.1) is 5.69 Å². The lowest BCUT2D eigenvalue weighted by Gasteiger charge is -2.12. The number of hydrogen-bond acceptors (Lipinski definition) is 4. The average molecular weight is 402 g/mol. The van der Waals surface area contributed by atoms with Crippen LogP contribution in [0, 0.1) is 12.8 Å². The van der Waals surface area contributed by atoms with Crippen LogP contribution < -0.4 is 16.1 Å². The van der Waals surface area contributed by atoms with Crippen molar-refractivity contribution in [2.75, 3.05) is 5.32 Å². The number of anilines is 1. The monoisotopic (exact) mass is 402 g/mol. The summed E-state index contributed by atoms with van der Waals surface area (Å²) < 4.78 is 1.57. The van der Waals surface area contributed by atoms with Crippen LogP contribution in [0.2, 0.25) is 0 Å². The molecule has 30 heavy (non-hydrogen) atoms. The Morgan fingerprint density at radius 3 is 2.57 bits per heavy atom. The maximum Gasteiger partial charge on any atom is 0.276 e. The van der Waals surface area contributed by atoms with Gasteiger partial charge in [0.25, 0.3) is 5.91 Å². The molecule has 0 radical (unpaired) electrons. The zero-order valence-electron chi connectivity index (χ0n) is 16.6. The molecule has 0 spiro atoms.